The number of nitrogens with zero attached hydrogens (tertiary/aromatic N) is 3. The van der Waals surface area contributed by atoms with Crippen LogP contribution < -0.4 is 92.5 Å². The number of carbonyl (C=O) groups is 14. The van der Waals surface area contributed by atoms with Crippen LogP contribution in [0, 0.1) is 0 Å². The lowest BCUT2D eigenvalue weighted by Gasteiger charge is -2.29. The Hall–Kier alpha value is -10.7. The van der Waals surface area contributed by atoms with Gasteiger partial charge in [-0.05, 0) is 68.7 Å². The highest BCUT2D eigenvalue weighted by atomic mass is 32.2. The predicted octanol–water partition coefficient (Wildman–Crippen LogP) is -7.83. The van der Waals surface area contributed by atoms with Gasteiger partial charge < -0.3 is 113 Å². The van der Waals surface area contributed by atoms with Gasteiger partial charge in [0.15, 0.2) is 11.9 Å². The summed E-state index contributed by atoms with van der Waals surface area (Å²) in [4.78, 5) is 208. The van der Waals surface area contributed by atoms with Crippen molar-refractivity contribution in [3.63, 3.8) is 0 Å². The van der Waals surface area contributed by atoms with Crippen LogP contribution in [0.4, 0.5) is 0 Å². The standard InChI is InChI=1S/C60H89N21O17S/c1-29(82)47-56(95)76-41(22-34-12-7-11-33-10-5-6-13-36(33)34)53(92)73-38(15-9-21-68-60(64)65)50(89)78-43(54(93)77-42(58(97)98)23-35-24-66-27-70-35)25-69-46(87)19-17-39(72-32(4)85)51(90)80-48(30(2)83)57(96)79-44(26-99-28-71-31(3)84)55(94)74-37(14-8-20-67-59(62)63)49(88)75-40(52(91)81-47)16-18-45(61)86/h5-7,10-13,24,27,29-30,37-44,47-48,82-83H,8-9,14-23,25-26,28H2,1-4H3,(H2,61,86)(H,66,70)(H,69,87)(H,71,84)(H,72,85)(H,73,92)(H,74,94)(H,75,88)(H,76,95)(H,77,93)(H,78,89)(H,79,96)(H,80,90)(H,81,91)(H,97,98)(H4,62,63,67)(H4,64,65,68)/t29-,30-,37+,38+,39+,40+,41+,42+,43+,44+,47+,48+/m1/s1. The van der Waals surface area contributed by atoms with E-state index in [-0.39, 0.29) is 80.9 Å². The molecule has 0 spiro atoms. The molecule has 0 bridgehead atoms. The highest BCUT2D eigenvalue weighted by Gasteiger charge is 2.38. The number of carboxylic acid groups (broad SMARTS) is 1. The zero-order valence-electron chi connectivity index (χ0n) is 54.9. The van der Waals surface area contributed by atoms with E-state index in [1.807, 2.05) is 0 Å². The van der Waals surface area contributed by atoms with Gasteiger partial charge in [-0.15, -0.1) is 11.8 Å². The Morgan fingerprint density at radius 3 is 1.72 bits per heavy atom. The van der Waals surface area contributed by atoms with E-state index in [0.29, 0.717) is 16.3 Å². The Labute approximate surface area is 572 Å². The lowest BCUT2D eigenvalue weighted by Crippen LogP contribution is -2.63. The van der Waals surface area contributed by atoms with Crippen LogP contribution in [0.1, 0.15) is 90.3 Å². The first-order valence-corrected chi connectivity index (χ1v) is 32.5. The van der Waals surface area contributed by atoms with Gasteiger partial charge in [0.25, 0.3) is 0 Å². The molecule has 1 aliphatic heterocycles. The van der Waals surface area contributed by atoms with E-state index < -0.39 is 188 Å². The molecule has 2 heterocycles. The molecule has 3 aromatic rings. The summed E-state index contributed by atoms with van der Waals surface area (Å²) in [5.74, 6) is -16.4. The van der Waals surface area contributed by atoms with Crippen LogP contribution in [0.5, 0.6) is 0 Å². The first-order chi connectivity index (χ1) is 46.8. The van der Waals surface area contributed by atoms with E-state index in [0.717, 1.165) is 32.5 Å². The SMILES string of the molecule is CC(=O)NCSC[C@@H]1NC(=O)[C@H]([C@@H](C)O)NC(=O)[C@@H](NC(C)=O)CCC(=O)NC[C@@H](C(=O)N[C@@H](Cc2cnc[nH]2)C(=O)O)NC(=O)[C@H](CCCN=C(N)N)NC(=O)[C@H](Cc2cccc3ccccc23)NC(=O)[C@H]([C@@H](C)O)NC(=O)[C@H](CCC(N)=O)NC(=O)[C@H](CCCN=C(N)N)NC1=O. The summed E-state index contributed by atoms with van der Waals surface area (Å²) in [7, 11) is 0. The Morgan fingerprint density at radius 1 is 0.646 bits per heavy atom. The molecular weight excluding hydrogens is 1320 g/mol. The lowest BCUT2D eigenvalue weighted by molar-refractivity contribution is -0.142. The zero-order chi connectivity index (χ0) is 73.5. The Kier molecular flexibility index (Phi) is 33.2. The number of aliphatic hydroxyl groups is 2. The molecule has 1 fully saturated rings. The van der Waals surface area contributed by atoms with Crippen molar-refractivity contribution in [1.82, 2.24) is 73.8 Å². The van der Waals surface area contributed by atoms with Crippen molar-refractivity contribution in [1.29, 1.82) is 0 Å². The molecule has 0 saturated carbocycles. The Morgan fingerprint density at radius 2 is 1.17 bits per heavy atom. The number of aliphatic hydroxyl groups excluding tert-OH is 2. The predicted molar refractivity (Wildman–Crippen MR) is 358 cm³/mol. The second-order valence-electron chi connectivity index (χ2n) is 23.1. The molecule has 13 amide bonds. The number of H-pyrrole nitrogens is 1. The van der Waals surface area contributed by atoms with Crippen LogP contribution in [0.2, 0.25) is 0 Å². The number of carbonyl (C=O) groups excluding carboxylic acids is 13. The van der Waals surface area contributed by atoms with Crippen molar-refractivity contribution >= 4 is 117 Å². The highest BCUT2D eigenvalue weighted by molar-refractivity contribution is 7.99. The van der Waals surface area contributed by atoms with Crippen LogP contribution in [0.15, 0.2) is 65.0 Å². The smallest absolute Gasteiger partial charge is 0.326 e. The van der Waals surface area contributed by atoms with Gasteiger partial charge in [0, 0.05) is 76.8 Å². The average molecular weight is 1410 g/mol. The minimum atomic E-state index is -1.99. The third-order valence-corrected chi connectivity index (χ3v) is 15.9. The van der Waals surface area contributed by atoms with Gasteiger partial charge in [-0.2, -0.15) is 0 Å². The number of rotatable bonds is 25. The van der Waals surface area contributed by atoms with Gasteiger partial charge in [0.05, 0.1) is 24.4 Å². The third-order valence-electron chi connectivity index (χ3n) is 15.0. The minimum Gasteiger partial charge on any atom is -0.480 e. The monoisotopic (exact) mass is 1410 g/mol. The number of hydrogen-bond acceptors (Lipinski definition) is 20. The van der Waals surface area contributed by atoms with Gasteiger partial charge in [0.2, 0.25) is 76.8 Å². The van der Waals surface area contributed by atoms with Crippen LogP contribution in [-0.2, 0) is 80.0 Å². The number of aliphatic carboxylic acids is 1. The first-order valence-electron chi connectivity index (χ1n) is 31.3. The second-order valence-corrected chi connectivity index (χ2v) is 24.1. The number of thioether (sulfide) groups is 1. The lowest BCUT2D eigenvalue weighted by atomic mass is 9.97. The number of carboxylic acids is 1. The molecule has 1 saturated heterocycles. The summed E-state index contributed by atoms with van der Waals surface area (Å²) >= 11 is 0.895. The van der Waals surface area contributed by atoms with Crippen LogP contribution in [0.3, 0.4) is 0 Å². The molecule has 542 valence electrons. The van der Waals surface area contributed by atoms with Gasteiger partial charge >= 0.3 is 5.97 Å². The van der Waals surface area contributed by atoms with Crippen LogP contribution in [0.25, 0.3) is 10.8 Å². The Balaban J connectivity index is 1.94. The maximum atomic E-state index is 15.1. The van der Waals surface area contributed by atoms with Gasteiger partial charge in [0.1, 0.15) is 60.4 Å². The molecule has 0 unspecified atom stereocenters. The number of primary amides is 1. The molecular formula is C60H89N21O17S. The number of fused-ring (bicyclic) bond motifs is 1. The number of guanidine groups is 2. The molecule has 1 aromatic heterocycles. The summed E-state index contributed by atoms with van der Waals surface area (Å²) in [5.41, 5.74) is 28.5. The molecule has 1 aliphatic rings. The molecule has 26 N–H and O–H groups in total. The van der Waals surface area contributed by atoms with E-state index in [1.165, 1.54) is 19.4 Å². The number of benzene rings is 2. The topological polar surface area (TPSA) is 628 Å². The van der Waals surface area contributed by atoms with E-state index in [4.69, 9.17) is 28.7 Å². The molecule has 39 heteroatoms. The van der Waals surface area contributed by atoms with Crippen molar-refractivity contribution in [2.24, 2.45) is 38.7 Å². The number of aromatic nitrogens is 2. The third kappa shape index (κ3) is 28.5. The Bertz CT molecular complexity index is 3400. The molecule has 2 aromatic carbocycles. The molecule has 12 atom stereocenters. The van der Waals surface area contributed by atoms with Gasteiger partial charge in [-0.1, -0.05) is 42.5 Å². The fourth-order valence-electron chi connectivity index (χ4n) is 9.83. The summed E-state index contributed by atoms with van der Waals surface area (Å²) in [5, 5.41) is 63.0. The van der Waals surface area contributed by atoms with Crippen LogP contribution >= 0.6 is 11.8 Å². The van der Waals surface area contributed by atoms with Gasteiger partial charge in [-0.25, -0.2) is 9.78 Å². The number of aliphatic imine (C=N–C) groups is 2. The number of hydrogen-bond donors (Lipinski definition) is 21. The fraction of sp³-hybridized carbons (Fsp3) is 0.517. The van der Waals surface area contributed by atoms with Crippen molar-refractivity contribution in [3.8, 4) is 0 Å². The maximum Gasteiger partial charge on any atom is 0.326 e. The molecule has 38 nitrogen and oxygen atoms in total. The highest BCUT2D eigenvalue weighted by Crippen LogP contribution is 2.21. The number of nitrogens with one attached hydrogen (secondary N) is 13. The zero-order valence-corrected chi connectivity index (χ0v) is 55.7. The van der Waals surface area contributed by atoms with Crippen LogP contribution in [-0.4, -0.2) is 224 Å². The summed E-state index contributed by atoms with van der Waals surface area (Å²) in [6.45, 7) is 3.33. The summed E-state index contributed by atoms with van der Waals surface area (Å²) < 4.78 is 0. The first kappa shape index (κ1) is 80.7. The number of nitrogens with two attached hydrogens (primary N) is 5. The summed E-state index contributed by atoms with van der Waals surface area (Å²) in [6.07, 6.45) is -4.84. The normalized spacial score (nSPS) is 22.4. The summed E-state index contributed by atoms with van der Waals surface area (Å²) in [6, 6.07) is -5.73. The molecule has 4 rings (SSSR count). The van der Waals surface area contributed by atoms with E-state index >= 15 is 4.79 Å². The van der Waals surface area contributed by atoms with Crippen molar-refractivity contribution in [2.75, 3.05) is 31.3 Å². The quantitative estimate of drug-likeness (QED) is 0.0162. The van der Waals surface area contributed by atoms with E-state index in [2.05, 4.69) is 83.8 Å². The minimum absolute atomic E-state index is 0.0440. The van der Waals surface area contributed by atoms with Crippen molar-refractivity contribution in [2.45, 2.75) is 165 Å². The van der Waals surface area contributed by atoms with Crippen molar-refractivity contribution in [3.05, 3.63) is 66.2 Å². The molecule has 0 aliphatic carbocycles. The number of aromatic amines is 1. The van der Waals surface area contributed by atoms with E-state index in [1.54, 1.807) is 42.5 Å². The fourth-order valence-corrected chi connectivity index (χ4v) is 10.7. The number of imidazole rings is 1. The number of amides is 13. The average Bonchev–Trinajstić information content (AvgIpc) is 1.20. The van der Waals surface area contributed by atoms with Gasteiger partial charge in [-0.3, -0.25) is 72.3 Å². The molecule has 99 heavy (non-hydrogen) atoms. The van der Waals surface area contributed by atoms with Crippen molar-refractivity contribution < 1.29 is 82.4 Å². The largest absolute Gasteiger partial charge is 0.480 e. The van der Waals surface area contributed by atoms with E-state index in [9.17, 15) is 77.6 Å². The molecule has 0 radical (unpaired) electrons. The maximum absolute atomic E-state index is 15.1. The second kappa shape index (κ2) is 40.8.